The Labute approximate surface area is 286 Å². The fourth-order valence-electron chi connectivity index (χ4n) is 5.77. The van der Waals surface area contributed by atoms with Gasteiger partial charge in [-0.05, 0) is 42.5 Å². The summed E-state index contributed by atoms with van der Waals surface area (Å²) in [5.41, 5.74) is 21.0. The third-order valence-electron chi connectivity index (χ3n) is 8.36. The highest BCUT2D eigenvalue weighted by atomic mass is 16.4. The number of aromatic amines is 3. The second kappa shape index (κ2) is 16.3. The molecule has 5 rings (SSSR count). The molecule has 3 aromatic heterocycles. The molecule has 0 saturated heterocycles. The van der Waals surface area contributed by atoms with Gasteiger partial charge in [-0.1, -0.05) is 36.4 Å². The topological polar surface area (TPSA) is 275 Å². The number of hydrogen-bond donors (Lipinski definition) is 10. The summed E-state index contributed by atoms with van der Waals surface area (Å²) in [5.74, 6) is -3.35. The van der Waals surface area contributed by atoms with E-state index in [-0.39, 0.29) is 44.6 Å². The largest absolute Gasteiger partial charge is 0.480 e. The third-order valence-corrected chi connectivity index (χ3v) is 8.36. The number of carboxylic acids is 1. The second-order valence-electron chi connectivity index (χ2n) is 12.0. The number of fused-ring (bicyclic) bond motifs is 2. The van der Waals surface area contributed by atoms with E-state index in [1.54, 1.807) is 12.4 Å². The average molecular weight is 684 g/mol. The van der Waals surface area contributed by atoms with E-state index in [0.717, 1.165) is 32.9 Å². The van der Waals surface area contributed by atoms with Gasteiger partial charge in [-0.15, -0.1) is 0 Å². The van der Waals surface area contributed by atoms with Crippen LogP contribution in [0.15, 0.2) is 78.4 Å². The number of nitrogens with one attached hydrogen (secondary N) is 6. The van der Waals surface area contributed by atoms with Crippen LogP contribution in [0.5, 0.6) is 0 Å². The van der Waals surface area contributed by atoms with Crippen LogP contribution in [-0.4, -0.2) is 85.4 Å². The Balaban J connectivity index is 1.35. The van der Waals surface area contributed by atoms with Crippen molar-refractivity contribution in [3.63, 3.8) is 0 Å². The second-order valence-corrected chi connectivity index (χ2v) is 12.0. The van der Waals surface area contributed by atoms with E-state index in [0.29, 0.717) is 5.69 Å². The predicted molar refractivity (Wildman–Crippen MR) is 188 cm³/mol. The lowest BCUT2D eigenvalue weighted by molar-refractivity contribution is -0.142. The Morgan fingerprint density at radius 2 is 1.32 bits per heavy atom. The fourth-order valence-corrected chi connectivity index (χ4v) is 5.77. The number of carboxylic acid groups (broad SMARTS) is 1. The molecule has 0 aliphatic rings. The first-order valence-corrected chi connectivity index (χ1v) is 16.1. The van der Waals surface area contributed by atoms with Gasteiger partial charge in [0.15, 0.2) is 5.96 Å². The number of benzene rings is 2. The first kappa shape index (κ1) is 35.2. The summed E-state index contributed by atoms with van der Waals surface area (Å²) >= 11 is 0. The summed E-state index contributed by atoms with van der Waals surface area (Å²) < 4.78 is 0. The number of para-hydroxylation sites is 2. The van der Waals surface area contributed by atoms with Crippen molar-refractivity contribution >= 4 is 51.5 Å². The highest BCUT2D eigenvalue weighted by Crippen LogP contribution is 2.21. The smallest absolute Gasteiger partial charge is 0.326 e. The van der Waals surface area contributed by atoms with Crippen molar-refractivity contribution in [2.45, 2.75) is 56.3 Å². The van der Waals surface area contributed by atoms with Crippen molar-refractivity contribution in [3.8, 4) is 0 Å². The van der Waals surface area contributed by atoms with Crippen LogP contribution in [0.3, 0.4) is 0 Å². The number of hydrogen-bond acceptors (Lipinski definition) is 7. The molecule has 2 aromatic carbocycles. The highest BCUT2D eigenvalue weighted by molar-refractivity contribution is 5.95. The van der Waals surface area contributed by atoms with E-state index < -0.39 is 47.9 Å². The molecule has 3 heterocycles. The Bertz CT molecular complexity index is 1960. The number of nitrogens with zero attached hydrogens (tertiary/aromatic N) is 2. The van der Waals surface area contributed by atoms with Crippen LogP contribution in [0, 0.1) is 0 Å². The van der Waals surface area contributed by atoms with E-state index in [9.17, 15) is 24.3 Å². The van der Waals surface area contributed by atoms with Crippen LogP contribution in [-0.2, 0) is 38.4 Å². The van der Waals surface area contributed by atoms with E-state index >= 15 is 0 Å². The van der Waals surface area contributed by atoms with Crippen LogP contribution < -0.4 is 33.2 Å². The van der Waals surface area contributed by atoms with Crippen LogP contribution >= 0.6 is 0 Å². The van der Waals surface area contributed by atoms with Crippen LogP contribution in [0.1, 0.15) is 29.7 Å². The highest BCUT2D eigenvalue weighted by Gasteiger charge is 2.31. The molecule has 4 unspecified atom stereocenters. The molecule has 0 spiro atoms. The molecule has 0 fully saturated rings. The van der Waals surface area contributed by atoms with E-state index in [1.807, 2.05) is 48.5 Å². The van der Waals surface area contributed by atoms with Gasteiger partial charge in [-0.2, -0.15) is 0 Å². The maximum Gasteiger partial charge on any atom is 0.326 e. The number of imidazole rings is 1. The van der Waals surface area contributed by atoms with Crippen molar-refractivity contribution in [3.05, 3.63) is 90.3 Å². The van der Waals surface area contributed by atoms with E-state index in [4.69, 9.17) is 17.2 Å². The molecule has 4 atom stereocenters. The molecular formula is C34H41N11O5. The zero-order valence-electron chi connectivity index (χ0n) is 27.2. The zero-order valence-corrected chi connectivity index (χ0v) is 27.2. The molecule has 0 saturated carbocycles. The molecular weight excluding hydrogens is 642 g/mol. The average Bonchev–Trinajstić information content (AvgIpc) is 3.86. The molecule has 16 nitrogen and oxygen atoms in total. The minimum Gasteiger partial charge on any atom is -0.480 e. The van der Waals surface area contributed by atoms with E-state index in [2.05, 4.69) is 40.9 Å². The SMILES string of the molecule is NC(N)=NCCCC(NC(=O)C(Cc1cnc[nH]1)NC(=O)C(Cc1c[nH]c2ccccc12)NC(=O)C(N)Cc1c[nH]c2ccccc12)C(=O)O. The number of aliphatic imine (C=N–C) groups is 1. The van der Waals surface area contributed by atoms with Crippen LogP contribution in [0.4, 0.5) is 0 Å². The first-order chi connectivity index (χ1) is 24.1. The standard InChI is InChI=1S/C34H41N11O5/c35-24(12-19-15-40-25-8-3-1-6-22(19)25)30(46)44-28(13-20-16-41-26-9-4-2-7-23(20)26)31(47)45-29(14-21-17-38-18-42-21)32(48)43-27(33(49)50)10-5-11-39-34(36)37/h1-4,6-9,15-18,24,27-29,40-41H,5,10-14,35H2,(H,38,42)(H,43,48)(H,44,46)(H,45,47)(H,49,50)(H4,36,37,39). The number of carbonyl (C=O) groups is 4. The molecule has 16 heteroatoms. The number of rotatable bonds is 17. The van der Waals surface area contributed by atoms with Gasteiger partial charge in [0.1, 0.15) is 18.1 Å². The number of carbonyl (C=O) groups excluding carboxylic acids is 3. The van der Waals surface area contributed by atoms with Gasteiger partial charge in [0, 0.05) is 65.5 Å². The molecule has 5 aromatic rings. The van der Waals surface area contributed by atoms with Gasteiger partial charge < -0.3 is 53.2 Å². The summed E-state index contributed by atoms with van der Waals surface area (Å²) in [6, 6.07) is 10.5. The number of aromatic nitrogens is 4. The van der Waals surface area contributed by atoms with Gasteiger partial charge in [-0.3, -0.25) is 19.4 Å². The van der Waals surface area contributed by atoms with Gasteiger partial charge in [0.05, 0.1) is 12.4 Å². The van der Waals surface area contributed by atoms with Crippen LogP contribution in [0.25, 0.3) is 21.8 Å². The maximum atomic E-state index is 14.1. The Hall–Kier alpha value is -6.16. The molecule has 50 heavy (non-hydrogen) atoms. The minimum atomic E-state index is -1.28. The molecule has 0 aliphatic carbocycles. The van der Waals surface area contributed by atoms with Gasteiger partial charge in [0.2, 0.25) is 17.7 Å². The summed E-state index contributed by atoms with van der Waals surface area (Å²) in [7, 11) is 0. The fraction of sp³-hybridized carbons (Fsp3) is 0.294. The van der Waals surface area contributed by atoms with Crippen molar-refractivity contribution in [2.24, 2.45) is 22.2 Å². The monoisotopic (exact) mass is 683 g/mol. The molecule has 0 aliphatic heterocycles. The van der Waals surface area contributed by atoms with Gasteiger partial charge in [-0.25, -0.2) is 9.78 Å². The lowest BCUT2D eigenvalue weighted by Gasteiger charge is -2.25. The summed E-state index contributed by atoms with van der Waals surface area (Å²) in [6.07, 6.45) is 7.04. The quantitative estimate of drug-likeness (QED) is 0.0367. The molecule has 13 N–H and O–H groups in total. The summed E-state index contributed by atoms with van der Waals surface area (Å²) in [6.45, 7) is 0.175. The molecule has 0 radical (unpaired) electrons. The van der Waals surface area contributed by atoms with Crippen molar-refractivity contribution < 1.29 is 24.3 Å². The Morgan fingerprint density at radius 3 is 1.90 bits per heavy atom. The lowest BCUT2D eigenvalue weighted by atomic mass is 10.0. The summed E-state index contributed by atoms with van der Waals surface area (Å²) in [5, 5.41) is 19.7. The first-order valence-electron chi connectivity index (χ1n) is 16.1. The number of aliphatic carboxylic acids is 1. The van der Waals surface area contributed by atoms with Gasteiger partial charge >= 0.3 is 5.97 Å². The predicted octanol–water partition coefficient (Wildman–Crippen LogP) is 0.320. The number of H-pyrrole nitrogens is 3. The summed E-state index contributed by atoms with van der Waals surface area (Å²) in [4.78, 5) is 70.3. The molecule has 3 amide bonds. The van der Waals surface area contributed by atoms with Crippen molar-refractivity contribution in [1.82, 2.24) is 35.9 Å². The minimum absolute atomic E-state index is 0.0360. The number of amides is 3. The normalized spacial score (nSPS) is 13.6. The maximum absolute atomic E-state index is 14.1. The Morgan fingerprint density at radius 1 is 0.760 bits per heavy atom. The number of nitrogens with two attached hydrogens (primary N) is 3. The molecule has 0 bridgehead atoms. The van der Waals surface area contributed by atoms with Crippen LogP contribution in [0.2, 0.25) is 0 Å². The lowest BCUT2D eigenvalue weighted by Crippen LogP contribution is -2.58. The van der Waals surface area contributed by atoms with E-state index in [1.165, 1.54) is 12.5 Å². The van der Waals surface area contributed by atoms with Crippen molar-refractivity contribution in [1.29, 1.82) is 0 Å². The number of guanidine groups is 1. The van der Waals surface area contributed by atoms with Crippen molar-refractivity contribution in [2.75, 3.05) is 6.54 Å². The Kier molecular flexibility index (Phi) is 11.5. The third kappa shape index (κ3) is 9.04. The van der Waals surface area contributed by atoms with Gasteiger partial charge in [0.25, 0.3) is 0 Å². The zero-order chi connectivity index (χ0) is 35.6. The molecule has 262 valence electrons.